The predicted molar refractivity (Wildman–Crippen MR) is 63.1 cm³/mol. The Morgan fingerprint density at radius 2 is 2.27 bits per heavy atom. The van der Waals surface area contributed by atoms with Gasteiger partial charge in [0.1, 0.15) is 0 Å². The van der Waals surface area contributed by atoms with E-state index in [2.05, 4.69) is 41.4 Å². The fraction of sp³-hybridized carbons (Fsp3) is 0.154. The first kappa shape index (κ1) is 9.71. The van der Waals surface area contributed by atoms with Gasteiger partial charge in [-0.15, -0.1) is 0 Å². The summed E-state index contributed by atoms with van der Waals surface area (Å²) in [6.45, 7) is 0. The smallest absolute Gasteiger partial charge is 0.0655 e. The van der Waals surface area contributed by atoms with Gasteiger partial charge in [-0.05, 0) is 30.5 Å². The zero-order chi connectivity index (χ0) is 10.5. The minimum absolute atomic E-state index is 0.331. The van der Waals surface area contributed by atoms with Crippen molar-refractivity contribution in [2.75, 3.05) is 7.05 Å². The Bertz CT molecular complexity index is 390. The Morgan fingerprint density at radius 3 is 3.00 bits per heavy atom. The van der Waals surface area contributed by atoms with Gasteiger partial charge in [0.2, 0.25) is 0 Å². The normalized spacial score (nSPS) is 20.1. The van der Waals surface area contributed by atoms with Gasteiger partial charge in [0.15, 0.2) is 0 Å². The highest BCUT2D eigenvalue weighted by Gasteiger charge is 2.05. The maximum absolute atomic E-state index is 4.24. The second-order valence-electron chi connectivity index (χ2n) is 3.50. The molecule has 0 saturated heterocycles. The highest BCUT2D eigenvalue weighted by molar-refractivity contribution is 5.46. The van der Waals surface area contributed by atoms with E-state index in [1.54, 1.807) is 6.20 Å². The molecule has 1 aromatic heterocycles. The number of pyridine rings is 1. The highest BCUT2D eigenvalue weighted by Crippen LogP contribution is 2.08. The lowest BCUT2D eigenvalue weighted by molar-refractivity contribution is 0.434. The monoisotopic (exact) mass is 198 g/mol. The maximum atomic E-state index is 4.24. The van der Waals surface area contributed by atoms with Gasteiger partial charge in [-0.25, -0.2) is 0 Å². The van der Waals surface area contributed by atoms with Crippen molar-refractivity contribution in [1.29, 1.82) is 0 Å². The molecule has 0 N–H and O–H groups in total. The Morgan fingerprint density at radius 1 is 1.33 bits per heavy atom. The van der Waals surface area contributed by atoms with Crippen LogP contribution in [0.25, 0.3) is 6.08 Å². The minimum Gasteiger partial charge on any atom is -0.371 e. The lowest BCUT2D eigenvalue weighted by Crippen LogP contribution is -2.24. The van der Waals surface area contributed by atoms with E-state index >= 15 is 0 Å². The molecule has 0 amide bonds. The van der Waals surface area contributed by atoms with E-state index in [0.29, 0.717) is 6.04 Å². The summed E-state index contributed by atoms with van der Waals surface area (Å²) in [5, 5.41) is 0. The molecule has 2 heterocycles. The van der Waals surface area contributed by atoms with E-state index in [1.165, 1.54) is 0 Å². The lowest BCUT2D eigenvalue weighted by Gasteiger charge is -2.22. The molecule has 1 aliphatic rings. The molecule has 0 fully saturated rings. The van der Waals surface area contributed by atoms with Crippen LogP contribution in [0.5, 0.6) is 0 Å². The largest absolute Gasteiger partial charge is 0.371 e. The average Bonchev–Trinajstić information content (AvgIpc) is 2.29. The Hall–Kier alpha value is -1.83. The van der Waals surface area contributed by atoms with Gasteiger partial charge in [-0.2, -0.15) is 0 Å². The van der Waals surface area contributed by atoms with E-state index in [1.807, 2.05) is 30.4 Å². The van der Waals surface area contributed by atoms with E-state index in [0.717, 1.165) is 5.69 Å². The molecule has 1 unspecified atom stereocenters. The highest BCUT2D eigenvalue weighted by atomic mass is 15.1. The first-order valence-corrected chi connectivity index (χ1v) is 5.02. The third-order valence-corrected chi connectivity index (χ3v) is 2.36. The van der Waals surface area contributed by atoms with Crippen molar-refractivity contribution in [2.45, 2.75) is 6.04 Å². The quantitative estimate of drug-likeness (QED) is 0.725. The first-order chi connectivity index (χ1) is 7.36. The molecule has 1 aliphatic heterocycles. The minimum atomic E-state index is 0.331. The first-order valence-electron chi connectivity index (χ1n) is 5.02. The van der Waals surface area contributed by atoms with Crippen LogP contribution in [0.15, 0.2) is 54.9 Å². The number of hydrogen-bond acceptors (Lipinski definition) is 2. The zero-order valence-corrected chi connectivity index (χ0v) is 8.75. The number of rotatable bonds is 2. The molecule has 2 nitrogen and oxygen atoms in total. The fourth-order valence-electron chi connectivity index (χ4n) is 1.47. The van der Waals surface area contributed by atoms with Crippen LogP contribution in [0.3, 0.4) is 0 Å². The van der Waals surface area contributed by atoms with Crippen molar-refractivity contribution < 1.29 is 0 Å². The third-order valence-electron chi connectivity index (χ3n) is 2.36. The number of likely N-dealkylation sites (N-methyl/N-ethyl adjacent to an activating group) is 1. The summed E-state index contributed by atoms with van der Waals surface area (Å²) in [7, 11) is 2.06. The second kappa shape index (κ2) is 4.60. The summed E-state index contributed by atoms with van der Waals surface area (Å²) in [6, 6.07) is 6.25. The molecule has 0 bridgehead atoms. The van der Waals surface area contributed by atoms with Crippen LogP contribution < -0.4 is 0 Å². The summed E-state index contributed by atoms with van der Waals surface area (Å²) < 4.78 is 0. The van der Waals surface area contributed by atoms with Crippen LogP contribution in [-0.2, 0) is 0 Å². The van der Waals surface area contributed by atoms with Gasteiger partial charge in [-0.3, -0.25) is 4.98 Å². The van der Waals surface area contributed by atoms with Crippen molar-refractivity contribution in [3.63, 3.8) is 0 Å². The predicted octanol–water partition coefficient (Wildman–Crippen LogP) is 2.48. The summed E-state index contributed by atoms with van der Waals surface area (Å²) in [5.41, 5.74) is 0.994. The van der Waals surface area contributed by atoms with Crippen molar-refractivity contribution in [3.05, 3.63) is 60.6 Å². The summed E-state index contributed by atoms with van der Waals surface area (Å²) >= 11 is 0. The van der Waals surface area contributed by atoms with E-state index in [9.17, 15) is 0 Å². The van der Waals surface area contributed by atoms with Crippen molar-refractivity contribution in [3.8, 4) is 0 Å². The molecule has 0 spiro atoms. The molecule has 0 saturated carbocycles. The molecular formula is C13H14N2. The molecule has 1 aromatic rings. The molecule has 15 heavy (non-hydrogen) atoms. The summed E-state index contributed by atoms with van der Waals surface area (Å²) in [6.07, 6.45) is 14.3. The van der Waals surface area contributed by atoms with Gasteiger partial charge in [0.25, 0.3) is 0 Å². The lowest BCUT2D eigenvalue weighted by atomic mass is 10.1. The molecule has 76 valence electrons. The van der Waals surface area contributed by atoms with Crippen LogP contribution in [-0.4, -0.2) is 23.0 Å². The summed E-state index contributed by atoms with van der Waals surface area (Å²) in [5.74, 6) is 0. The molecule has 2 heteroatoms. The number of allylic oxidation sites excluding steroid dienone is 2. The topological polar surface area (TPSA) is 16.1 Å². The van der Waals surface area contributed by atoms with E-state index in [-0.39, 0.29) is 0 Å². The molecule has 0 radical (unpaired) electrons. The number of nitrogens with zero attached hydrogens (tertiary/aromatic N) is 2. The Labute approximate surface area is 90.3 Å². The number of hydrogen-bond donors (Lipinski definition) is 0. The van der Waals surface area contributed by atoms with Crippen LogP contribution in [0, 0.1) is 0 Å². The van der Waals surface area contributed by atoms with Gasteiger partial charge >= 0.3 is 0 Å². The Balaban J connectivity index is 2.06. The zero-order valence-electron chi connectivity index (χ0n) is 8.75. The maximum Gasteiger partial charge on any atom is 0.0655 e. The SMILES string of the molecule is CN1C=CC=CC1/C=C/c1ccccn1. The van der Waals surface area contributed by atoms with Crippen LogP contribution in [0.4, 0.5) is 0 Å². The molecule has 1 atom stereocenters. The average molecular weight is 198 g/mol. The van der Waals surface area contributed by atoms with Gasteiger partial charge in [-0.1, -0.05) is 24.3 Å². The molecule has 0 aliphatic carbocycles. The fourth-order valence-corrected chi connectivity index (χ4v) is 1.47. The van der Waals surface area contributed by atoms with Crippen molar-refractivity contribution in [1.82, 2.24) is 9.88 Å². The van der Waals surface area contributed by atoms with Crippen molar-refractivity contribution >= 4 is 6.08 Å². The Kier molecular flexibility index (Phi) is 2.98. The van der Waals surface area contributed by atoms with Crippen LogP contribution in [0.2, 0.25) is 0 Å². The van der Waals surface area contributed by atoms with E-state index < -0.39 is 0 Å². The summed E-state index contributed by atoms with van der Waals surface area (Å²) in [4.78, 5) is 6.39. The van der Waals surface area contributed by atoms with Gasteiger partial charge in [0.05, 0.1) is 11.7 Å². The van der Waals surface area contributed by atoms with Crippen LogP contribution >= 0.6 is 0 Å². The van der Waals surface area contributed by atoms with E-state index in [4.69, 9.17) is 0 Å². The molecular weight excluding hydrogens is 184 g/mol. The molecule has 0 aromatic carbocycles. The second-order valence-corrected chi connectivity index (χ2v) is 3.50. The van der Waals surface area contributed by atoms with Gasteiger partial charge in [0, 0.05) is 13.2 Å². The van der Waals surface area contributed by atoms with Gasteiger partial charge < -0.3 is 4.90 Å². The molecule has 2 rings (SSSR count). The third kappa shape index (κ3) is 2.56. The van der Waals surface area contributed by atoms with Crippen molar-refractivity contribution in [2.24, 2.45) is 0 Å². The van der Waals surface area contributed by atoms with Crippen LogP contribution in [0.1, 0.15) is 5.69 Å². The number of aromatic nitrogens is 1. The standard InChI is InChI=1S/C13H14N2/c1-15-11-5-3-7-13(15)9-8-12-6-2-4-10-14-12/h2-11,13H,1H3/b9-8+.